The zero-order valence-corrected chi connectivity index (χ0v) is 12.2. The largest absolute Gasteiger partial charge is 0.353 e. The van der Waals surface area contributed by atoms with Gasteiger partial charge >= 0.3 is 0 Å². The lowest BCUT2D eigenvalue weighted by atomic mass is 10.3. The van der Waals surface area contributed by atoms with Crippen molar-refractivity contribution in [1.29, 1.82) is 0 Å². The van der Waals surface area contributed by atoms with Crippen molar-refractivity contribution in [3.8, 4) is 0 Å². The van der Waals surface area contributed by atoms with Crippen LogP contribution in [0.5, 0.6) is 0 Å². The molecular formula is C12H15ClFN3OS. The Kier molecular flexibility index (Phi) is 5.98. The molecule has 1 aromatic rings. The first-order valence-corrected chi connectivity index (χ1v) is 6.46. The van der Waals surface area contributed by atoms with E-state index in [-0.39, 0.29) is 28.6 Å². The number of halogens is 2. The summed E-state index contributed by atoms with van der Waals surface area (Å²) in [6, 6.07) is 4.23. The predicted molar refractivity (Wildman–Crippen MR) is 78.9 cm³/mol. The molecule has 0 fully saturated rings. The van der Waals surface area contributed by atoms with Crippen molar-refractivity contribution in [3.63, 3.8) is 0 Å². The molecule has 1 aromatic carbocycles. The zero-order valence-electron chi connectivity index (χ0n) is 10.6. The monoisotopic (exact) mass is 303 g/mol. The van der Waals surface area contributed by atoms with Crippen LogP contribution in [0, 0.1) is 5.82 Å². The highest BCUT2D eigenvalue weighted by atomic mass is 35.5. The quantitative estimate of drug-likeness (QED) is 0.747. The van der Waals surface area contributed by atoms with Gasteiger partial charge < -0.3 is 16.0 Å². The van der Waals surface area contributed by atoms with Gasteiger partial charge in [-0.05, 0) is 44.3 Å². The van der Waals surface area contributed by atoms with Gasteiger partial charge in [0.05, 0.1) is 11.6 Å². The molecule has 104 valence electrons. The summed E-state index contributed by atoms with van der Waals surface area (Å²) in [5, 5.41) is 8.54. The maximum absolute atomic E-state index is 13.0. The fourth-order valence-corrected chi connectivity index (χ4v) is 1.65. The second-order valence-corrected chi connectivity index (χ2v) is 4.97. The topological polar surface area (TPSA) is 53.2 Å². The van der Waals surface area contributed by atoms with Crippen LogP contribution >= 0.6 is 23.8 Å². The summed E-state index contributed by atoms with van der Waals surface area (Å²) in [7, 11) is 0. The van der Waals surface area contributed by atoms with Crippen molar-refractivity contribution < 1.29 is 9.18 Å². The Balaban J connectivity index is 2.43. The summed E-state index contributed by atoms with van der Waals surface area (Å²) in [6.45, 7) is 3.81. The van der Waals surface area contributed by atoms with Gasteiger partial charge in [-0.2, -0.15) is 0 Å². The van der Waals surface area contributed by atoms with E-state index in [9.17, 15) is 9.18 Å². The van der Waals surface area contributed by atoms with Gasteiger partial charge in [0.25, 0.3) is 0 Å². The number of thiocarbonyl (C=S) groups is 1. The van der Waals surface area contributed by atoms with Crippen molar-refractivity contribution >= 4 is 40.5 Å². The number of nitrogens with one attached hydrogen (secondary N) is 3. The van der Waals surface area contributed by atoms with Gasteiger partial charge in [-0.15, -0.1) is 0 Å². The highest BCUT2D eigenvalue weighted by molar-refractivity contribution is 7.80. The highest BCUT2D eigenvalue weighted by Crippen LogP contribution is 2.19. The van der Waals surface area contributed by atoms with E-state index >= 15 is 0 Å². The van der Waals surface area contributed by atoms with Crippen LogP contribution in [0.3, 0.4) is 0 Å². The van der Waals surface area contributed by atoms with Crippen molar-refractivity contribution in [2.24, 2.45) is 0 Å². The van der Waals surface area contributed by atoms with Crippen LogP contribution in [0.4, 0.5) is 10.1 Å². The van der Waals surface area contributed by atoms with Gasteiger partial charge in [0, 0.05) is 11.7 Å². The molecule has 1 amide bonds. The third-order valence-electron chi connectivity index (χ3n) is 2.04. The third kappa shape index (κ3) is 5.85. The molecular weight excluding hydrogens is 289 g/mol. The molecule has 0 atom stereocenters. The Bertz CT molecular complexity index is 482. The molecule has 4 nitrogen and oxygen atoms in total. The zero-order chi connectivity index (χ0) is 14.4. The van der Waals surface area contributed by atoms with E-state index in [1.54, 1.807) is 0 Å². The summed E-state index contributed by atoms with van der Waals surface area (Å²) in [6.07, 6.45) is 0. The van der Waals surface area contributed by atoms with Gasteiger partial charge in [0.1, 0.15) is 5.82 Å². The molecule has 0 bridgehead atoms. The van der Waals surface area contributed by atoms with Gasteiger partial charge in [0.2, 0.25) is 5.91 Å². The lowest BCUT2D eigenvalue weighted by molar-refractivity contribution is -0.120. The van der Waals surface area contributed by atoms with Crippen molar-refractivity contribution in [1.82, 2.24) is 10.6 Å². The van der Waals surface area contributed by atoms with Crippen LogP contribution in [0.1, 0.15) is 13.8 Å². The Morgan fingerprint density at radius 2 is 2.16 bits per heavy atom. The summed E-state index contributed by atoms with van der Waals surface area (Å²) >= 11 is 10.6. The number of benzene rings is 1. The van der Waals surface area contributed by atoms with E-state index in [1.807, 2.05) is 13.8 Å². The molecule has 0 saturated carbocycles. The van der Waals surface area contributed by atoms with E-state index in [1.165, 1.54) is 18.2 Å². The Morgan fingerprint density at radius 3 is 2.74 bits per heavy atom. The van der Waals surface area contributed by atoms with Crippen molar-refractivity contribution in [3.05, 3.63) is 29.0 Å². The third-order valence-corrected chi connectivity index (χ3v) is 2.57. The fourth-order valence-electron chi connectivity index (χ4n) is 1.28. The molecule has 0 aliphatic heterocycles. The molecule has 1 rings (SSSR count). The molecule has 7 heteroatoms. The standard InChI is InChI=1S/C12H15ClFN3OS/c1-7(2)16-11(18)6-15-12(19)17-8-3-4-10(14)9(13)5-8/h3-5,7H,6H2,1-2H3,(H,16,18)(H2,15,17,19). The smallest absolute Gasteiger partial charge is 0.239 e. The number of rotatable bonds is 4. The molecule has 0 aromatic heterocycles. The minimum absolute atomic E-state index is 0.00495. The second kappa shape index (κ2) is 7.25. The van der Waals surface area contributed by atoms with Crippen molar-refractivity contribution in [2.45, 2.75) is 19.9 Å². The normalized spacial score (nSPS) is 10.2. The lowest BCUT2D eigenvalue weighted by Crippen LogP contribution is -2.41. The lowest BCUT2D eigenvalue weighted by Gasteiger charge is -2.12. The molecule has 0 saturated heterocycles. The SMILES string of the molecule is CC(C)NC(=O)CNC(=S)Nc1ccc(F)c(Cl)c1. The minimum atomic E-state index is -0.498. The van der Waals surface area contributed by atoms with E-state index < -0.39 is 5.82 Å². The molecule has 0 aliphatic carbocycles. The average Bonchev–Trinajstić information content (AvgIpc) is 2.30. The summed E-state index contributed by atoms with van der Waals surface area (Å²) in [5.41, 5.74) is 0.549. The van der Waals surface area contributed by atoms with E-state index in [4.69, 9.17) is 23.8 Å². The van der Waals surface area contributed by atoms with Crippen LogP contribution in [0.15, 0.2) is 18.2 Å². The number of carbonyl (C=O) groups is 1. The first-order valence-electron chi connectivity index (χ1n) is 5.67. The molecule has 0 aliphatic rings. The van der Waals surface area contributed by atoms with Crippen LogP contribution in [0.25, 0.3) is 0 Å². The maximum Gasteiger partial charge on any atom is 0.239 e. The first-order chi connectivity index (χ1) is 8.88. The minimum Gasteiger partial charge on any atom is -0.353 e. The molecule has 0 radical (unpaired) electrons. The van der Waals surface area contributed by atoms with E-state index in [0.29, 0.717) is 5.69 Å². The van der Waals surface area contributed by atoms with Crippen LogP contribution in [-0.4, -0.2) is 23.6 Å². The van der Waals surface area contributed by atoms with Crippen LogP contribution in [-0.2, 0) is 4.79 Å². The summed E-state index contributed by atoms with van der Waals surface area (Å²) in [5.74, 6) is -0.654. The van der Waals surface area contributed by atoms with Crippen LogP contribution < -0.4 is 16.0 Å². The second-order valence-electron chi connectivity index (χ2n) is 4.16. The Hall–Kier alpha value is -1.40. The van der Waals surface area contributed by atoms with E-state index in [2.05, 4.69) is 16.0 Å². The summed E-state index contributed by atoms with van der Waals surface area (Å²) < 4.78 is 13.0. The number of amides is 1. The number of hydrogen-bond donors (Lipinski definition) is 3. The molecule has 0 spiro atoms. The maximum atomic E-state index is 13.0. The molecule has 0 unspecified atom stereocenters. The van der Waals surface area contributed by atoms with Gasteiger partial charge in [-0.3, -0.25) is 4.79 Å². The Morgan fingerprint density at radius 1 is 1.47 bits per heavy atom. The number of carbonyl (C=O) groups excluding carboxylic acids is 1. The number of hydrogen-bond acceptors (Lipinski definition) is 2. The fraction of sp³-hybridized carbons (Fsp3) is 0.333. The van der Waals surface area contributed by atoms with Gasteiger partial charge in [-0.1, -0.05) is 11.6 Å². The first kappa shape index (κ1) is 15.7. The van der Waals surface area contributed by atoms with Gasteiger partial charge in [0.15, 0.2) is 5.11 Å². The van der Waals surface area contributed by atoms with E-state index in [0.717, 1.165) is 0 Å². The van der Waals surface area contributed by atoms with Crippen molar-refractivity contribution in [2.75, 3.05) is 11.9 Å². The summed E-state index contributed by atoms with van der Waals surface area (Å²) in [4.78, 5) is 11.4. The predicted octanol–water partition coefficient (Wildman–Crippen LogP) is 2.29. The number of anilines is 1. The molecule has 0 heterocycles. The Labute approximate surface area is 121 Å². The average molecular weight is 304 g/mol. The molecule has 19 heavy (non-hydrogen) atoms. The highest BCUT2D eigenvalue weighted by Gasteiger charge is 2.05. The van der Waals surface area contributed by atoms with Gasteiger partial charge in [-0.25, -0.2) is 4.39 Å². The molecule has 3 N–H and O–H groups in total. The van der Waals surface area contributed by atoms with Crippen LogP contribution in [0.2, 0.25) is 5.02 Å².